The topological polar surface area (TPSA) is 114 Å². The maximum Gasteiger partial charge on any atom is 0.407 e. The lowest BCUT2D eigenvalue weighted by Gasteiger charge is -2.27. The fourth-order valence-corrected chi connectivity index (χ4v) is 2.99. The van der Waals surface area contributed by atoms with E-state index < -0.39 is 30.2 Å². The van der Waals surface area contributed by atoms with Gasteiger partial charge in [-0.2, -0.15) is 0 Å². The largest absolute Gasteiger partial charge is 0.456 e. The number of para-hydroxylation sites is 2. The van der Waals surface area contributed by atoms with Crippen LogP contribution in [0.4, 0.5) is 16.2 Å². The number of alkyl carbamates (subject to hydrolysis) is 1. The first kappa shape index (κ1) is 23.2. The van der Waals surface area contributed by atoms with Crippen molar-refractivity contribution in [1.82, 2.24) is 5.32 Å². The highest BCUT2D eigenvalue weighted by molar-refractivity contribution is 6.05. The molecule has 1 aliphatic rings. The smallest absolute Gasteiger partial charge is 0.407 e. The maximum atomic E-state index is 12.7. The molecular weight excluding hydrogens is 390 g/mol. The Morgan fingerprint density at radius 3 is 2.63 bits per heavy atom. The van der Waals surface area contributed by atoms with E-state index in [1.807, 2.05) is 0 Å². The molecule has 1 aromatic carbocycles. The van der Waals surface area contributed by atoms with Crippen molar-refractivity contribution >= 4 is 35.3 Å². The first-order chi connectivity index (χ1) is 14.1. The molecule has 0 aliphatic carbocycles. The first-order valence-corrected chi connectivity index (χ1v) is 9.90. The van der Waals surface area contributed by atoms with Crippen molar-refractivity contribution in [3.8, 4) is 0 Å². The van der Waals surface area contributed by atoms with Crippen molar-refractivity contribution in [2.75, 3.05) is 23.4 Å². The van der Waals surface area contributed by atoms with Gasteiger partial charge in [-0.05, 0) is 46.2 Å². The summed E-state index contributed by atoms with van der Waals surface area (Å²) < 4.78 is 10.2. The molecule has 0 saturated heterocycles. The van der Waals surface area contributed by atoms with Crippen LogP contribution in [0.3, 0.4) is 0 Å². The van der Waals surface area contributed by atoms with Gasteiger partial charge in [-0.3, -0.25) is 14.4 Å². The Morgan fingerprint density at radius 2 is 1.93 bits per heavy atom. The standard InChI is InChI=1S/C21H29N3O6/c1-14-12-17(25)23-15-8-5-6-9-16(15)24(14)18(26)13-29-19(27)10-7-11-22-20(28)30-21(2,3)4/h5-6,8-9,14H,7,10-13H2,1-4H3,(H,22,28)(H,23,25)/t14-/m0/s1. The number of rotatable bonds is 6. The number of fused-ring (bicyclic) bond motifs is 1. The third-order valence-electron chi connectivity index (χ3n) is 4.21. The van der Waals surface area contributed by atoms with Crippen molar-refractivity contribution in [2.45, 2.75) is 58.6 Å². The van der Waals surface area contributed by atoms with Crippen molar-refractivity contribution in [3.05, 3.63) is 24.3 Å². The number of hydrogen-bond donors (Lipinski definition) is 2. The van der Waals surface area contributed by atoms with Gasteiger partial charge in [0.25, 0.3) is 5.91 Å². The van der Waals surface area contributed by atoms with Crippen molar-refractivity contribution in [3.63, 3.8) is 0 Å². The third kappa shape index (κ3) is 7.06. The van der Waals surface area contributed by atoms with Gasteiger partial charge in [0.1, 0.15) is 5.60 Å². The Balaban J connectivity index is 1.81. The highest BCUT2D eigenvalue weighted by atomic mass is 16.6. The van der Waals surface area contributed by atoms with E-state index in [9.17, 15) is 19.2 Å². The fraction of sp³-hybridized carbons (Fsp3) is 0.524. The van der Waals surface area contributed by atoms with Crippen LogP contribution in [0.25, 0.3) is 0 Å². The molecule has 9 nitrogen and oxygen atoms in total. The van der Waals surface area contributed by atoms with Gasteiger partial charge in [-0.15, -0.1) is 0 Å². The summed E-state index contributed by atoms with van der Waals surface area (Å²) in [4.78, 5) is 49.7. The zero-order valence-electron chi connectivity index (χ0n) is 17.8. The van der Waals surface area contributed by atoms with Crippen LogP contribution in [0.1, 0.15) is 47.0 Å². The first-order valence-electron chi connectivity index (χ1n) is 9.90. The Labute approximate surface area is 176 Å². The quantitative estimate of drug-likeness (QED) is 0.541. The minimum Gasteiger partial charge on any atom is -0.456 e. The normalized spacial score (nSPS) is 16.1. The fourth-order valence-electron chi connectivity index (χ4n) is 2.99. The van der Waals surface area contributed by atoms with Gasteiger partial charge in [-0.25, -0.2) is 4.79 Å². The molecule has 1 heterocycles. The van der Waals surface area contributed by atoms with Gasteiger partial charge in [0, 0.05) is 25.4 Å². The molecule has 2 rings (SSSR count). The molecule has 3 amide bonds. The zero-order chi connectivity index (χ0) is 22.3. The van der Waals surface area contributed by atoms with E-state index in [4.69, 9.17) is 9.47 Å². The summed E-state index contributed by atoms with van der Waals surface area (Å²) in [6, 6.07) is 6.61. The number of esters is 1. The Morgan fingerprint density at radius 1 is 1.23 bits per heavy atom. The lowest BCUT2D eigenvalue weighted by molar-refractivity contribution is -0.148. The van der Waals surface area contributed by atoms with Crippen LogP contribution in [0.15, 0.2) is 24.3 Å². The molecule has 0 bridgehead atoms. The summed E-state index contributed by atoms with van der Waals surface area (Å²) in [5, 5.41) is 5.33. The summed E-state index contributed by atoms with van der Waals surface area (Å²) in [6.45, 7) is 6.88. The van der Waals surface area contributed by atoms with E-state index in [0.717, 1.165) is 0 Å². The van der Waals surface area contributed by atoms with Crippen molar-refractivity contribution < 1.29 is 28.7 Å². The summed E-state index contributed by atoms with van der Waals surface area (Å²) in [7, 11) is 0. The van der Waals surface area contributed by atoms with E-state index in [2.05, 4.69) is 10.6 Å². The van der Waals surface area contributed by atoms with Crippen LogP contribution in [0.5, 0.6) is 0 Å². The molecule has 1 aromatic rings. The van der Waals surface area contributed by atoms with Crippen LogP contribution < -0.4 is 15.5 Å². The summed E-state index contributed by atoms with van der Waals surface area (Å²) >= 11 is 0. The molecule has 0 fully saturated rings. The lowest BCUT2D eigenvalue weighted by Crippen LogP contribution is -2.41. The molecule has 0 radical (unpaired) electrons. The number of hydrogen-bond acceptors (Lipinski definition) is 6. The molecule has 0 aromatic heterocycles. The molecule has 1 aliphatic heterocycles. The second-order valence-electron chi connectivity index (χ2n) is 8.08. The number of carbonyl (C=O) groups excluding carboxylic acids is 4. The second-order valence-corrected chi connectivity index (χ2v) is 8.08. The number of nitrogens with zero attached hydrogens (tertiary/aromatic N) is 1. The average molecular weight is 419 g/mol. The van der Waals surface area contributed by atoms with Gasteiger partial charge in [0.15, 0.2) is 6.61 Å². The molecule has 2 N–H and O–H groups in total. The van der Waals surface area contributed by atoms with E-state index in [1.54, 1.807) is 52.0 Å². The molecular formula is C21H29N3O6. The van der Waals surface area contributed by atoms with Gasteiger partial charge in [0.2, 0.25) is 5.91 Å². The van der Waals surface area contributed by atoms with Crippen LogP contribution in [-0.4, -0.2) is 48.7 Å². The number of amides is 3. The van der Waals surface area contributed by atoms with E-state index >= 15 is 0 Å². The van der Waals surface area contributed by atoms with E-state index in [1.165, 1.54) is 4.90 Å². The van der Waals surface area contributed by atoms with Gasteiger partial charge >= 0.3 is 12.1 Å². The molecule has 1 atom stereocenters. The van der Waals surface area contributed by atoms with Crippen LogP contribution in [0.2, 0.25) is 0 Å². The molecule has 0 unspecified atom stereocenters. The maximum absolute atomic E-state index is 12.7. The minimum absolute atomic E-state index is 0.0509. The number of carbonyl (C=O) groups is 4. The second kappa shape index (κ2) is 10.1. The highest BCUT2D eigenvalue weighted by Gasteiger charge is 2.30. The van der Waals surface area contributed by atoms with Crippen molar-refractivity contribution in [1.29, 1.82) is 0 Å². The molecule has 9 heteroatoms. The van der Waals surface area contributed by atoms with Crippen LogP contribution in [0, 0.1) is 0 Å². The number of anilines is 2. The Hall–Kier alpha value is -3.10. The minimum atomic E-state index is -0.591. The van der Waals surface area contributed by atoms with E-state index in [-0.39, 0.29) is 31.3 Å². The molecule has 0 saturated carbocycles. The molecule has 164 valence electrons. The van der Waals surface area contributed by atoms with Crippen LogP contribution in [-0.2, 0) is 23.9 Å². The predicted octanol–water partition coefficient (Wildman–Crippen LogP) is 2.60. The highest BCUT2D eigenvalue weighted by Crippen LogP contribution is 2.31. The number of ether oxygens (including phenoxy) is 2. The van der Waals surface area contributed by atoms with Gasteiger partial charge in [-0.1, -0.05) is 12.1 Å². The van der Waals surface area contributed by atoms with Crippen molar-refractivity contribution in [2.24, 2.45) is 0 Å². The predicted molar refractivity (Wildman–Crippen MR) is 111 cm³/mol. The lowest BCUT2D eigenvalue weighted by atomic mass is 10.1. The average Bonchev–Trinajstić information content (AvgIpc) is 2.76. The summed E-state index contributed by atoms with van der Waals surface area (Å²) in [6.07, 6.45) is -0.00355. The summed E-state index contributed by atoms with van der Waals surface area (Å²) in [5.41, 5.74) is 0.519. The number of benzene rings is 1. The van der Waals surface area contributed by atoms with E-state index in [0.29, 0.717) is 17.8 Å². The van der Waals surface area contributed by atoms with Gasteiger partial charge in [0.05, 0.1) is 11.4 Å². The third-order valence-corrected chi connectivity index (χ3v) is 4.21. The zero-order valence-corrected chi connectivity index (χ0v) is 17.8. The SMILES string of the molecule is C[C@H]1CC(=O)Nc2ccccc2N1C(=O)COC(=O)CCCNC(=O)OC(C)(C)C. The Bertz CT molecular complexity index is 802. The molecule has 0 spiro atoms. The number of nitrogens with one attached hydrogen (secondary N) is 2. The molecule has 30 heavy (non-hydrogen) atoms. The van der Waals surface area contributed by atoms with Gasteiger partial charge < -0.3 is 25.0 Å². The Kier molecular flexibility index (Phi) is 7.79. The van der Waals surface area contributed by atoms with Crippen LogP contribution >= 0.6 is 0 Å². The monoisotopic (exact) mass is 419 g/mol. The summed E-state index contributed by atoms with van der Waals surface area (Å²) in [5.74, 6) is -1.13.